The van der Waals surface area contributed by atoms with Crippen molar-refractivity contribution in [3.63, 3.8) is 0 Å². The van der Waals surface area contributed by atoms with Crippen molar-refractivity contribution >= 4 is 98.0 Å². The molecule has 14 aromatic rings. The van der Waals surface area contributed by atoms with E-state index in [1.54, 1.807) is 0 Å². The lowest BCUT2D eigenvalue weighted by Crippen LogP contribution is -1.99. The Balaban J connectivity index is 1.17. The third-order valence-electron chi connectivity index (χ3n) is 13.7. The Labute approximate surface area is 380 Å². The van der Waals surface area contributed by atoms with Crippen LogP contribution in [0, 0.1) is 0 Å². The molecule has 4 heteroatoms. The van der Waals surface area contributed by atoms with Gasteiger partial charge in [0.1, 0.15) is 0 Å². The smallest absolute Gasteiger partial charge is 0.0562 e. The number of fused-ring (bicyclic) bond motifs is 12. The fourth-order valence-corrected chi connectivity index (χ4v) is 10.9. The topological polar surface area (TPSA) is 19.7 Å². The molecule has 0 aliphatic carbocycles. The molecule has 8 bridgehead atoms. The van der Waals surface area contributed by atoms with E-state index in [4.69, 9.17) is 0 Å². The molecule has 14 rings (SSSR count). The van der Waals surface area contributed by atoms with Crippen LogP contribution < -0.4 is 0 Å². The number of nitrogens with zero attached hydrogens (tertiary/aromatic N) is 4. The van der Waals surface area contributed by atoms with Crippen molar-refractivity contribution in [2.45, 2.75) is 0 Å². The van der Waals surface area contributed by atoms with Crippen LogP contribution in [0.1, 0.15) is 0 Å². The van der Waals surface area contributed by atoms with Gasteiger partial charge >= 0.3 is 0 Å². The highest BCUT2D eigenvalue weighted by Crippen LogP contribution is 2.41. The first-order valence-corrected chi connectivity index (χ1v) is 22.7. The summed E-state index contributed by atoms with van der Waals surface area (Å²) in [5.74, 6) is 0. The molecule has 3 heterocycles. The Hall–Kier alpha value is -8.86. The van der Waals surface area contributed by atoms with Crippen molar-refractivity contribution < 1.29 is 0 Å². The van der Waals surface area contributed by atoms with Gasteiger partial charge in [0.15, 0.2) is 0 Å². The number of hydrogen-bond acceptors (Lipinski definition) is 0. The van der Waals surface area contributed by atoms with E-state index in [1.807, 2.05) is 0 Å². The van der Waals surface area contributed by atoms with Crippen LogP contribution in [-0.4, -0.2) is 18.3 Å². The Kier molecular flexibility index (Phi) is 7.95. The maximum Gasteiger partial charge on any atom is 0.0562 e. The third kappa shape index (κ3) is 5.45. The summed E-state index contributed by atoms with van der Waals surface area (Å²) < 4.78 is 9.80. The van der Waals surface area contributed by atoms with Crippen molar-refractivity contribution in [1.29, 1.82) is 0 Å². The zero-order valence-corrected chi connectivity index (χ0v) is 35.9. The first kappa shape index (κ1) is 36.6. The van der Waals surface area contributed by atoms with Crippen molar-refractivity contribution in [1.82, 2.24) is 18.3 Å². The van der Waals surface area contributed by atoms with E-state index in [0.717, 1.165) is 66.5 Å². The fourth-order valence-electron chi connectivity index (χ4n) is 10.9. The summed E-state index contributed by atoms with van der Waals surface area (Å²) in [4.78, 5) is 0. The molecule has 0 atom stereocenters. The van der Waals surface area contributed by atoms with Gasteiger partial charge in [0.2, 0.25) is 0 Å². The van der Waals surface area contributed by atoms with Gasteiger partial charge in [-0.2, -0.15) is 0 Å². The summed E-state index contributed by atoms with van der Waals surface area (Å²) >= 11 is 0. The second-order valence-corrected chi connectivity index (χ2v) is 17.4. The van der Waals surface area contributed by atoms with Gasteiger partial charge < -0.3 is 18.3 Å². The molecule has 0 aliphatic rings. The minimum Gasteiger partial charge on any atom is -0.310 e. The standard InChI is InChI=1S/C62H40N4/c1-2-21-45(22-3-1)65-58-35-33-48-39-53(58)54-40-49(34-36-59(54)65)64(47-24-11-20-44(38-47)43-19-10-23-46(37-43)63(48)55-29-12-17-41-15-4-6-25-50(41)55)60-31-14-32-61-62(60)52-27-8-9-28-57(52)66(61)56-30-13-18-42-16-5-7-26-51(42)56/h1-40H. The van der Waals surface area contributed by atoms with Crippen LogP contribution in [0.15, 0.2) is 243 Å². The molecular weight excluding hydrogens is 801 g/mol. The Bertz CT molecular complexity index is 4340. The summed E-state index contributed by atoms with van der Waals surface area (Å²) in [5.41, 5.74) is 13.6. The first-order valence-electron chi connectivity index (χ1n) is 22.7. The summed E-state index contributed by atoms with van der Waals surface area (Å²) in [5, 5.41) is 11.9. The minimum atomic E-state index is 1.09. The first-order chi connectivity index (χ1) is 32.7. The monoisotopic (exact) mass is 840 g/mol. The Morgan fingerprint density at radius 2 is 0.636 bits per heavy atom. The van der Waals surface area contributed by atoms with Gasteiger partial charge in [-0.15, -0.1) is 0 Å². The fraction of sp³-hybridized carbons (Fsp3) is 0. The quantitative estimate of drug-likeness (QED) is 0.168. The largest absolute Gasteiger partial charge is 0.310 e. The maximum absolute atomic E-state index is 2.48. The minimum absolute atomic E-state index is 1.09. The molecule has 3 aromatic heterocycles. The van der Waals surface area contributed by atoms with Crippen LogP contribution in [0.4, 0.5) is 0 Å². The van der Waals surface area contributed by atoms with E-state index >= 15 is 0 Å². The van der Waals surface area contributed by atoms with Crippen LogP contribution in [0.5, 0.6) is 0 Å². The molecule has 0 saturated heterocycles. The SMILES string of the molecule is c1ccc(-n2c3ccc4cc3c3cc(ccc32)n(-c2cccc3c2c2ccccc2n3-c2cccc3ccccc23)c2cccc(c2)c2cccc(c2)n4-c2cccc3ccccc23)cc1. The van der Waals surface area contributed by atoms with Crippen molar-refractivity contribution in [2.75, 3.05) is 0 Å². The van der Waals surface area contributed by atoms with E-state index in [1.165, 1.54) is 54.3 Å². The molecule has 0 fully saturated rings. The number of para-hydroxylation sites is 2. The summed E-state index contributed by atoms with van der Waals surface area (Å²) in [6, 6.07) is 89.4. The zero-order valence-electron chi connectivity index (χ0n) is 35.9. The van der Waals surface area contributed by atoms with Gasteiger partial charge in [0.25, 0.3) is 0 Å². The van der Waals surface area contributed by atoms with Gasteiger partial charge in [0, 0.05) is 60.1 Å². The molecule has 0 radical (unpaired) electrons. The Morgan fingerprint density at radius 1 is 0.212 bits per heavy atom. The third-order valence-corrected chi connectivity index (χ3v) is 13.7. The lowest BCUT2D eigenvalue weighted by Gasteiger charge is -2.16. The molecule has 0 saturated carbocycles. The lowest BCUT2D eigenvalue weighted by atomic mass is 10.1. The summed E-state index contributed by atoms with van der Waals surface area (Å²) in [7, 11) is 0. The molecule has 0 N–H and O–H groups in total. The van der Waals surface area contributed by atoms with Gasteiger partial charge in [-0.1, -0.05) is 140 Å². The second kappa shape index (κ2) is 14.3. The normalized spacial score (nSPS) is 11.9. The van der Waals surface area contributed by atoms with E-state index in [0.29, 0.717) is 0 Å². The summed E-state index contributed by atoms with van der Waals surface area (Å²) in [6.07, 6.45) is 0. The van der Waals surface area contributed by atoms with Gasteiger partial charge in [-0.05, 0) is 125 Å². The average molecular weight is 841 g/mol. The van der Waals surface area contributed by atoms with Crippen LogP contribution in [0.3, 0.4) is 0 Å². The van der Waals surface area contributed by atoms with Gasteiger partial charge in [0.05, 0.1) is 39.1 Å². The number of benzene rings is 11. The molecule has 0 unspecified atom stereocenters. The predicted molar refractivity (Wildman–Crippen MR) is 279 cm³/mol. The number of aromatic nitrogens is 4. The number of rotatable bonds is 4. The highest BCUT2D eigenvalue weighted by molar-refractivity contribution is 6.16. The molecule has 308 valence electrons. The van der Waals surface area contributed by atoms with Crippen LogP contribution >= 0.6 is 0 Å². The molecule has 11 aromatic carbocycles. The van der Waals surface area contributed by atoms with Crippen LogP contribution in [0.25, 0.3) is 121 Å². The van der Waals surface area contributed by atoms with Crippen LogP contribution in [-0.2, 0) is 0 Å². The maximum atomic E-state index is 2.48. The highest BCUT2D eigenvalue weighted by Gasteiger charge is 2.20. The Morgan fingerprint density at radius 3 is 1.27 bits per heavy atom. The van der Waals surface area contributed by atoms with Gasteiger partial charge in [-0.3, -0.25) is 0 Å². The molecular formula is C62H40N4. The average Bonchev–Trinajstić information content (AvgIpc) is 3.89. The highest BCUT2D eigenvalue weighted by atomic mass is 15.0. The van der Waals surface area contributed by atoms with Crippen molar-refractivity contribution in [2.24, 2.45) is 0 Å². The second-order valence-electron chi connectivity index (χ2n) is 17.4. The van der Waals surface area contributed by atoms with E-state index < -0.39 is 0 Å². The molecule has 0 spiro atoms. The molecule has 0 amide bonds. The summed E-state index contributed by atoms with van der Waals surface area (Å²) in [6.45, 7) is 0. The van der Waals surface area contributed by atoms with Crippen molar-refractivity contribution in [3.05, 3.63) is 243 Å². The van der Waals surface area contributed by atoms with E-state index in [9.17, 15) is 0 Å². The number of hydrogen-bond donors (Lipinski definition) is 0. The molecule has 0 aliphatic heterocycles. The molecule has 4 nitrogen and oxygen atoms in total. The lowest BCUT2D eigenvalue weighted by molar-refractivity contribution is 1.16. The van der Waals surface area contributed by atoms with Gasteiger partial charge in [-0.25, -0.2) is 0 Å². The van der Waals surface area contributed by atoms with Crippen molar-refractivity contribution in [3.8, 4) is 22.7 Å². The molecule has 66 heavy (non-hydrogen) atoms. The zero-order chi connectivity index (χ0) is 43.3. The van der Waals surface area contributed by atoms with E-state index in [-0.39, 0.29) is 0 Å². The van der Waals surface area contributed by atoms with Crippen LogP contribution in [0.2, 0.25) is 0 Å². The predicted octanol–water partition coefficient (Wildman–Crippen LogP) is 16.4. The van der Waals surface area contributed by atoms with E-state index in [2.05, 4.69) is 261 Å².